The normalized spacial score (nSPS) is 25.1. The summed E-state index contributed by atoms with van der Waals surface area (Å²) < 4.78 is 19.4. The van der Waals surface area contributed by atoms with Gasteiger partial charge in [0.15, 0.2) is 6.10 Å². The monoisotopic (exact) mass is 650 g/mol. The van der Waals surface area contributed by atoms with Crippen molar-refractivity contribution in [1.29, 1.82) is 0 Å². The quantitative estimate of drug-likeness (QED) is 0.166. The van der Waals surface area contributed by atoms with Crippen molar-refractivity contribution in [1.82, 2.24) is 0 Å². The molecule has 0 aromatic heterocycles. The molecule has 0 spiro atoms. The van der Waals surface area contributed by atoms with Gasteiger partial charge in [-0.2, -0.15) is 0 Å². The molecule has 0 saturated heterocycles. The van der Waals surface area contributed by atoms with E-state index in [2.05, 4.69) is 40.5 Å². The number of rotatable bonds is 6. The minimum atomic E-state index is -0.900. The lowest BCUT2D eigenvalue weighted by Gasteiger charge is -2.52. The van der Waals surface area contributed by atoms with Crippen molar-refractivity contribution in [2.75, 3.05) is 31.8 Å². The summed E-state index contributed by atoms with van der Waals surface area (Å²) in [4.78, 5) is 31.6. The van der Waals surface area contributed by atoms with Crippen LogP contribution in [0, 0.1) is 36.5 Å². The van der Waals surface area contributed by atoms with E-state index in [4.69, 9.17) is 27.4 Å². The highest BCUT2D eigenvalue weighted by Crippen LogP contribution is 2.64. The van der Waals surface area contributed by atoms with Crippen LogP contribution >= 0.6 is 0 Å². The van der Waals surface area contributed by atoms with Crippen molar-refractivity contribution >= 4 is 29.3 Å². The highest BCUT2D eigenvalue weighted by Gasteiger charge is 2.61. The van der Waals surface area contributed by atoms with Gasteiger partial charge in [0.25, 0.3) is 0 Å². The average molecular weight is 651 g/mol. The third-order valence-corrected chi connectivity index (χ3v) is 9.90. The number of carbonyl (C=O) groups is 3. The van der Waals surface area contributed by atoms with Gasteiger partial charge >= 0.3 is 17.9 Å². The second-order valence-electron chi connectivity index (χ2n) is 12.9. The SMILES string of the molecule is C#C[C@]1(O)CC[C@H]2[C@@H]3CCc4cc(OC)ccc4[C@H]3CC[C@@]21C.CC(=O)OCC(COC(C)=O)OC(C)=O.Cc1ccc(N)cc1N. The number of fused-ring (bicyclic) bond motifs is 5. The van der Waals surface area contributed by atoms with Crippen LogP contribution in [0.2, 0.25) is 0 Å². The van der Waals surface area contributed by atoms with Gasteiger partial charge in [-0.05, 0) is 104 Å². The number of hydrogen-bond acceptors (Lipinski definition) is 10. The number of anilines is 2. The number of nitrogen functional groups attached to an aromatic ring is 2. The van der Waals surface area contributed by atoms with Crippen molar-refractivity contribution < 1.29 is 38.4 Å². The van der Waals surface area contributed by atoms with Gasteiger partial charge in [0.1, 0.15) is 24.6 Å². The number of aliphatic hydroxyl groups is 1. The summed E-state index contributed by atoms with van der Waals surface area (Å²) >= 11 is 0. The number of ether oxygens (including phenoxy) is 4. The second kappa shape index (κ2) is 16.1. The Bertz CT molecular complexity index is 1450. The molecule has 5 rings (SSSR count). The molecule has 0 aliphatic heterocycles. The Hall–Kier alpha value is -4.23. The van der Waals surface area contributed by atoms with Crippen molar-refractivity contribution in [2.45, 2.75) is 90.8 Å². The molecule has 3 aliphatic carbocycles. The predicted octanol–water partition coefficient (Wildman–Crippen LogP) is 5.12. The van der Waals surface area contributed by atoms with E-state index in [1.165, 1.54) is 38.3 Å². The molecule has 0 unspecified atom stereocenters. The number of carbonyl (C=O) groups excluding carboxylic acids is 3. The summed E-state index contributed by atoms with van der Waals surface area (Å²) in [6.07, 6.45) is 11.3. The smallest absolute Gasteiger partial charge is 0.303 e. The van der Waals surface area contributed by atoms with Crippen LogP contribution in [0.25, 0.3) is 0 Å². The van der Waals surface area contributed by atoms with Crippen molar-refractivity contribution in [3.63, 3.8) is 0 Å². The molecule has 0 heterocycles. The molecular weight excluding hydrogens is 600 g/mol. The van der Waals surface area contributed by atoms with Gasteiger partial charge in [0.2, 0.25) is 0 Å². The van der Waals surface area contributed by atoms with E-state index >= 15 is 0 Å². The van der Waals surface area contributed by atoms with Crippen molar-refractivity contribution in [2.24, 2.45) is 17.3 Å². The fourth-order valence-corrected chi connectivity index (χ4v) is 7.37. The lowest BCUT2D eigenvalue weighted by Crippen LogP contribution is -2.50. The maximum atomic E-state index is 11.0. The molecule has 5 N–H and O–H groups in total. The Labute approximate surface area is 278 Å². The second-order valence-corrected chi connectivity index (χ2v) is 12.9. The largest absolute Gasteiger partial charge is 0.497 e. The topological polar surface area (TPSA) is 160 Å². The molecule has 0 radical (unpaired) electrons. The Morgan fingerprint density at radius 1 is 0.979 bits per heavy atom. The van der Waals surface area contributed by atoms with Crippen LogP contribution in [0.5, 0.6) is 5.75 Å². The average Bonchev–Trinajstić information content (AvgIpc) is 3.31. The highest BCUT2D eigenvalue weighted by molar-refractivity contribution is 5.67. The molecule has 5 atom stereocenters. The maximum Gasteiger partial charge on any atom is 0.303 e. The van der Waals surface area contributed by atoms with E-state index in [0.29, 0.717) is 17.8 Å². The number of methoxy groups -OCH3 is 1. The first-order valence-corrected chi connectivity index (χ1v) is 16.1. The standard InChI is InChI=1S/C21H26O2.C9H14O6.C7H10N2/c1-4-21(22)12-10-19-18-7-5-14-13-15(23-3)6-8-16(14)17(18)9-11-20(19,21)2;1-6(10)13-4-9(15-8(3)12)5-14-7(2)11;1-5-2-3-6(8)4-7(5)9/h1,6,8,13,17-19,22H,5,7,9-12H2,2-3H3;9H,4-5H2,1-3H3;2-4H,8-9H2,1H3/t17-,18-,19+,20+,21+;;/m1../s1. The molecule has 0 bridgehead atoms. The number of terminal acetylenes is 1. The van der Waals surface area contributed by atoms with Gasteiger partial charge in [-0.25, -0.2) is 0 Å². The van der Waals surface area contributed by atoms with E-state index < -0.39 is 29.6 Å². The Balaban J connectivity index is 0.000000215. The third-order valence-electron chi connectivity index (χ3n) is 9.90. The molecule has 0 amide bonds. The van der Waals surface area contributed by atoms with Crippen molar-refractivity contribution in [3.8, 4) is 18.1 Å². The van der Waals surface area contributed by atoms with Gasteiger partial charge in [-0.3, -0.25) is 14.4 Å². The maximum absolute atomic E-state index is 11.0. The number of hydrogen-bond donors (Lipinski definition) is 3. The fourth-order valence-electron chi connectivity index (χ4n) is 7.37. The first-order chi connectivity index (χ1) is 22.1. The Morgan fingerprint density at radius 2 is 1.64 bits per heavy atom. The van der Waals surface area contributed by atoms with Crippen LogP contribution in [0.3, 0.4) is 0 Å². The Kier molecular flexibility index (Phi) is 12.7. The highest BCUT2D eigenvalue weighted by atomic mass is 16.6. The molecule has 2 saturated carbocycles. The lowest BCUT2D eigenvalue weighted by atomic mass is 9.53. The zero-order valence-corrected chi connectivity index (χ0v) is 28.5. The summed E-state index contributed by atoms with van der Waals surface area (Å²) in [7, 11) is 1.73. The number of esters is 3. The number of aryl methyl sites for hydroxylation is 2. The summed E-state index contributed by atoms with van der Waals surface area (Å²) in [6, 6.07) is 12.1. The van der Waals surface area contributed by atoms with Crippen molar-refractivity contribution in [3.05, 3.63) is 53.1 Å². The first kappa shape index (κ1) is 37.2. The van der Waals surface area contributed by atoms with E-state index in [-0.39, 0.29) is 18.6 Å². The van der Waals surface area contributed by atoms with Gasteiger partial charge in [-0.15, -0.1) is 6.42 Å². The van der Waals surface area contributed by atoms with Crippen LogP contribution in [0.4, 0.5) is 11.4 Å². The van der Waals surface area contributed by atoms with E-state index in [0.717, 1.165) is 54.8 Å². The third kappa shape index (κ3) is 9.19. The zero-order valence-electron chi connectivity index (χ0n) is 28.5. The minimum Gasteiger partial charge on any atom is -0.497 e. The number of benzene rings is 2. The lowest BCUT2D eigenvalue weighted by molar-refractivity contribution is -0.163. The summed E-state index contributed by atoms with van der Waals surface area (Å²) in [5.74, 6) is 4.05. The van der Waals surface area contributed by atoms with E-state index in [1.54, 1.807) is 13.2 Å². The molecule has 10 heteroatoms. The molecule has 2 aromatic rings. The summed E-state index contributed by atoms with van der Waals surface area (Å²) in [5.41, 5.74) is 15.5. The fraction of sp³-hybridized carbons (Fsp3) is 0.541. The molecule has 10 nitrogen and oxygen atoms in total. The van der Waals surface area contributed by atoms with Crippen LogP contribution in [0.15, 0.2) is 36.4 Å². The van der Waals surface area contributed by atoms with Gasteiger partial charge in [0.05, 0.1) is 7.11 Å². The van der Waals surface area contributed by atoms with E-state index in [9.17, 15) is 19.5 Å². The molecule has 2 fully saturated rings. The molecule has 2 aromatic carbocycles. The number of nitrogens with two attached hydrogens (primary N) is 2. The van der Waals surface area contributed by atoms with Crippen LogP contribution in [-0.4, -0.2) is 55.0 Å². The van der Waals surface area contributed by atoms with Crippen LogP contribution in [0.1, 0.15) is 82.4 Å². The van der Waals surface area contributed by atoms with Gasteiger partial charge in [-0.1, -0.05) is 25.0 Å². The summed E-state index contributed by atoms with van der Waals surface area (Å²) in [6.45, 7) is 7.63. The molecular formula is C37H50N2O8. The van der Waals surface area contributed by atoms with Crippen LogP contribution in [-0.2, 0) is 35.0 Å². The Morgan fingerprint density at radius 3 is 2.17 bits per heavy atom. The summed E-state index contributed by atoms with van der Waals surface area (Å²) in [5, 5.41) is 11.0. The van der Waals surface area contributed by atoms with E-state index in [1.807, 2.05) is 19.1 Å². The molecule has 256 valence electrons. The first-order valence-electron chi connectivity index (χ1n) is 16.1. The van der Waals surface area contributed by atoms with Crippen LogP contribution < -0.4 is 16.2 Å². The van der Waals surface area contributed by atoms with Gasteiger partial charge < -0.3 is 35.5 Å². The predicted molar refractivity (Wildman–Crippen MR) is 180 cm³/mol. The molecule has 3 aliphatic rings. The molecule has 47 heavy (non-hydrogen) atoms. The minimum absolute atomic E-state index is 0.104. The van der Waals surface area contributed by atoms with Gasteiger partial charge in [0, 0.05) is 37.6 Å². The zero-order chi connectivity index (χ0) is 34.9.